The van der Waals surface area contributed by atoms with Crippen LogP contribution in [0, 0.1) is 5.82 Å². The van der Waals surface area contributed by atoms with Gasteiger partial charge in [0.25, 0.3) is 5.56 Å². The monoisotopic (exact) mass is 231 g/mol. The minimum absolute atomic E-state index is 0.252. The molecular formula is C11H6FN3O2. The van der Waals surface area contributed by atoms with Gasteiger partial charge in [-0.15, -0.1) is 0 Å². The summed E-state index contributed by atoms with van der Waals surface area (Å²) >= 11 is 0. The van der Waals surface area contributed by atoms with Crippen molar-refractivity contribution in [3.63, 3.8) is 0 Å². The van der Waals surface area contributed by atoms with Crippen molar-refractivity contribution in [2.24, 2.45) is 0 Å². The van der Waals surface area contributed by atoms with E-state index in [0.29, 0.717) is 11.1 Å². The van der Waals surface area contributed by atoms with Crippen LogP contribution in [0.1, 0.15) is 0 Å². The quantitative estimate of drug-likeness (QED) is 0.692. The van der Waals surface area contributed by atoms with Gasteiger partial charge < -0.3 is 9.51 Å². The molecule has 0 amide bonds. The Morgan fingerprint density at radius 2 is 2.18 bits per heavy atom. The third kappa shape index (κ3) is 1.59. The zero-order chi connectivity index (χ0) is 11.8. The Kier molecular flexibility index (Phi) is 2.01. The smallest absolute Gasteiger partial charge is 0.259 e. The van der Waals surface area contributed by atoms with E-state index in [9.17, 15) is 9.18 Å². The molecule has 6 heteroatoms. The summed E-state index contributed by atoms with van der Waals surface area (Å²) in [5.74, 6) is -0.191. The van der Waals surface area contributed by atoms with Crippen LogP contribution in [-0.4, -0.2) is 15.1 Å². The van der Waals surface area contributed by atoms with Crippen LogP contribution in [0.2, 0.25) is 0 Å². The number of aromatic amines is 1. The minimum atomic E-state index is -0.443. The van der Waals surface area contributed by atoms with Crippen molar-refractivity contribution in [1.82, 2.24) is 15.1 Å². The minimum Gasteiger partial charge on any atom is -0.364 e. The summed E-state index contributed by atoms with van der Waals surface area (Å²) in [7, 11) is 0. The van der Waals surface area contributed by atoms with Gasteiger partial charge in [0.1, 0.15) is 17.8 Å². The summed E-state index contributed by atoms with van der Waals surface area (Å²) in [5, 5.41) is 3.99. The molecule has 0 spiro atoms. The van der Waals surface area contributed by atoms with E-state index in [4.69, 9.17) is 0 Å². The molecule has 17 heavy (non-hydrogen) atoms. The van der Waals surface area contributed by atoms with E-state index in [1.807, 2.05) is 0 Å². The van der Waals surface area contributed by atoms with Crippen molar-refractivity contribution in [2.75, 3.05) is 0 Å². The maximum Gasteiger partial charge on any atom is 0.259 e. The molecular weight excluding hydrogens is 225 g/mol. The second-order valence-corrected chi connectivity index (χ2v) is 3.46. The van der Waals surface area contributed by atoms with Gasteiger partial charge in [-0.3, -0.25) is 4.79 Å². The largest absolute Gasteiger partial charge is 0.364 e. The van der Waals surface area contributed by atoms with E-state index in [2.05, 4.69) is 19.6 Å². The zero-order valence-electron chi connectivity index (χ0n) is 8.48. The number of nitrogens with one attached hydrogen (secondary N) is 1. The Bertz CT molecular complexity index is 734. The van der Waals surface area contributed by atoms with Crippen molar-refractivity contribution in [2.45, 2.75) is 0 Å². The van der Waals surface area contributed by atoms with Gasteiger partial charge in [-0.05, 0) is 12.1 Å². The van der Waals surface area contributed by atoms with E-state index in [1.165, 1.54) is 24.5 Å². The number of hydrogen-bond donors (Lipinski definition) is 1. The second kappa shape index (κ2) is 3.51. The lowest BCUT2D eigenvalue weighted by molar-refractivity contribution is 0.422. The highest BCUT2D eigenvalue weighted by atomic mass is 19.1. The Balaban J connectivity index is 2.33. The molecule has 5 nitrogen and oxygen atoms in total. The third-order valence-corrected chi connectivity index (χ3v) is 2.35. The SMILES string of the molecule is O=c1[nH]c(-c2ccon2)nc2cc(F)ccc12. The molecule has 0 saturated heterocycles. The first-order valence-corrected chi connectivity index (χ1v) is 4.84. The molecule has 2 heterocycles. The van der Waals surface area contributed by atoms with Gasteiger partial charge >= 0.3 is 0 Å². The predicted octanol–water partition coefficient (Wildman–Crippen LogP) is 1.72. The molecule has 2 aromatic heterocycles. The maximum absolute atomic E-state index is 13.1. The second-order valence-electron chi connectivity index (χ2n) is 3.46. The molecule has 0 atom stereocenters. The van der Waals surface area contributed by atoms with Crippen LogP contribution in [0.25, 0.3) is 22.4 Å². The predicted molar refractivity (Wildman–Crippen MR) is 57.8 cm³/mol. The number of nitrogens with zero attached hydrogens (tertiary/aromatic N) is 2. The summed E-state index contributed by atoms with van der Waals surface area (Å²) in [6.45, 7) is 0. The molecule has 1 aromatic carbocycles. The number of halogens is 1. The number of rotatable bonds is 1. The average Bonchev–Trinajstić information content (AvgIpc) is 2.81. The van der Waals surface area contributed by atoms with Crippen molar-refractivity contribution in [1.29, 1.82) is 0 Å². The maximum atomic E-state index is 13.1. The van der Waals surface area contributed by atoms with Crippen LogP contribution in [0.4, 0.5) is 4.39 Å². The molecule has 0 fully saturated rings. The molecule has 3 aromatic rings. The average molecular weight is 231 g/mol. The van der Waals surface area contributed by atoms with Gasteiger partial charge in [0.15, 0.2) is 5.82 Å². The van der Waals surface area contributed by atoms with Gasteiger partial charge in [-0.1, -0.05) is 5.16 Å². The first kappa shape index (κ1) is 9.71. The van der Waals surface area contributed by atoms with Gasteiger partial charge in [0.05, 0.1) is 10.9 Å². The van der Waals surface area contributed by atoms with Crippen molar-refractivity contribution >= 4 is 10.9 Å². The summed E-state index contributed by atoms with van der Waals surface area (Å²) < 4.78 is 17.7. The number of hydrogen-bond acceptors (Lipinski definition) is 4. The van der Waals surface area contributed by atoms with Gasteiger partial charge in [0.2, 0.25) is 0 Å². The van der Waals surface area contributed by atoms with Crippen LogP contribution in [0.3, 0.4) is 0 Å². The molecule has 0 unspecified atom stereocenters. The standard InChI is InChI=1S/C11H6FN3O2/c12-6-1-2-7-9(5-6)13-10(14-11(7)16)8-3-4-17-15-8/h1-5H,(H,13,14,16). The number of H-pyrrole nitrogens is 1. The van der Waals surface area contributed by atoms with Crippen LogP contribution >= 0.6 is 0 Å². The normalized spacial score (nSPS) is 10.9. The first-order valence-electron chi connectivity index (χ1n) is 4.84. The van der Waals surface area contributed by atoms with Crippen molar-refractivity contribution in [3.05, 3.63) is 46.7 Å². The molecule has 1 N–H and O–H groups in total. The molecule has 3 rings (SSSR count). The highest BCUT2D eigenvalue weighted by molar-refractivity contribution is 5.79. The Morgan fingerprint density at radius 3 is 2.94 bits per heavy atom. The van der Waals surface area contributed by atoms with Crippen LogP contribution in [-0.2, 0) is 0 Å². The van der Waals surface area contributed by atoms with E-state index in [0.717, 1.165) is 0 Å². The van der Waals surface area contributed by atoms with Gasteiger partial charge in [-0.25, -0.2) is 9.37 Å². The lowest BCUT2D eigenvalue weighted by atomic mass is 10.2. The highest BCUT2D eigenvalue weighted by Crippen LogP contribution is 2.14. The Hall–Kier alpha value is -2.50. The first-order chi connectivity index (χ1) is 8.24. The summed E-state index contributed by atoms with van der Waals surface area (Å²) in [5.41, 5.74) is 0.341. The molecule has 0 radical (unpaired) electrons. The van der Waals surface area contributed by atoms with Crippen LogP contribution in [0.15, 0.2) is 39.8 Å². The zero-order valence-corrected chi connectivity index (χ0v) is 8.48. The van der Waals surface area contributed by atoms with E-state index in [1.54, 1.807) is 6.07 Å². The Morgan fingerprint density at radius 1 is 1.29 bits per heavy atom. The summed E-state index contributed by atoms with van der Waals surface area (Å²) in [6.07, 6.45) is 1.37. The van der Waals surface area contributed by atoms with Gasteiger partial charge in [0, 0.05) is 12.1 Å². The lowest BCUT2D eigenvalue weighted by Crippen LogP contribution is -2.09. The topological polar surface area (TPSA) is 71.8 Å². The fourth-order valence-corrected chi connectivity index (χ4v) is 1.57. The van der Waals surface area contributed by atoms with E-state index < -0.39 is 5.82 Å². The van der Waals surface area contributed by atoms with E-state index in [-0.39, 0.29) is 16.9 Å². The van der Waals surface area contributed by atoms with Gasteiger partial charge in [-0.2, -0.15) is 0 Å². The molecule has 0 bridgehead atoms. The Labute approximate surface area is 93.9 Å². The van der Waals surface area contributed by atoms with E-state index >= 15 is 0 Å². The third-order valence-electron chi connectivity index (χ3n) is 2.35. The highest BCUT2D eigenvalue weighted by Gasteiger charge is 2.08. The number of aromatic nitrogens is 3. The van der Waals surface area contributed by atoms with Crippen LogP contribution in [0.5, 0.6) is 0 Å². The number of fused-ring (bicyclic) bond motifs is 1. The number of benzene rings is 1. The van der Waals surface area contributed by atoms with Crippen molar-refractivity contribution in [3.8, 4) is 11.5 Å². The fourth-order valence-electron chi connectivity index (χ4n) is 1.57. The lowest BCUT2D eigenvalue weighted by Gasteiger charge is -1.99. The molecule has 0 aliphatic carbocycles. The molecule has 0 aliphatic heterocycles. The molecule has 0 saturated carbocycles. The van der Waals surface area contributed by atoms with Crippen LogP contribution < -0.4 is 5.56 Å². The fraction of sp³-hybridized carbons (Fsp3) is 0. The van der Waals surface area contributed by atoms with Crippen molar-refractivity contribution < 1.29 is 8.91 Å². The molecule has 0 aliphatic rings. The summed E-state index contributed by atoms with van der Waals surface area (Å²) in [6, 6.07) is 5.37. The summed E-state index contributed by atoms with van der Waals surface area (Å²) in [4.78, 5) is 18.4. The molecule has 84 valence electrons.